The minimum Gasteiger partial charge on any atom is -0.457 e. The Bertz CT molecular complexity index is 1120. The van der Waals surface area contributed by atoms with Gasteiger partial charge >= 0.3 is 0 Å². The van der Waals surface area contributed by atoms with Gasteiger partial charge in [0.15, 0.2) is 0 Å². The molecule has 0 atom stereocenters. The molecule has 0 aliphatic carbocycles. The fourth-order valence-corrected chi connectivity index (χ4v) is 5.06. The normalized spacial score (nSPS) is 17.4. The predicted molar refractivity (Wildman–Crippen MR) is 136 cm³/mol. The summed E-state index contributed by atoms with van der Waals surface area (Å²) in [5, 5.41) is 0. The average molecular weight is 474 g/mol. The van der Waals surface area contributed by atoms with Gasteiger partial charge in [0.2, 0.25) is 5.91 Å². The lowest BCUT2D eigenvalue weighted by Crippen LogP contribution is -2.51. The zero-order valence-corrected chi connectivity index (χ0v) is 20.0. The third-order valence-corrected chi connectivity index (χ3v) is 7.00. The van der Waals surface area contributed by atoms with Crippen molar-refractivity contribution in [2.45, 2.75) is 19.4 Å². The number of ether oxygens (including phenoxy) is 1. The average Bonchev–Trinajstić information content (AvgIpc) is 2.90. The van der Waals surface area contributed by atoms with E-state index in [4.69, 9.17) is 4.74 Å². The fraction of sp³-hybridized carbons (Fsp3) is 0.345. The molecule has 2 aliphatic heterocycles. The second-order valence-electron chi connectivity index (χ2n) is 9.38. The smallest absolute Gasteiger partial charge is 0.225 e. The molecule has 2 heterocycles. The SMILES string of the molecule is O=C(C1CCN(Cc2cccc(Oc3ccccc3)c2)CC1)N1CCN(c2ccccc2F)CC1. The van der Waals surface area contributed by atoms with Crippen LogP contribution >= 0.6 is 0 Å². The summed E-state index contributed by atoms with van der Waals surface area (Å²) in [4.78, 5) is 19.6. The Balaban J connectivity index is 1.09. The molecule has 5 nitrogen and oxygen atoms in total. The molecular formula is C29H32FN3O2. The fourth-order valence-electron chi connectivity index (χ4n) is 5.06. The van der Waals surface area contributed by atoms with Gasteiger partial charge in [-0.2, -0.15) is 0 Å². The molecule has 0 saturated carbocycles. The van der Waals surface area contributed by atoms with Gasteiger partial charge < -0.3 is 14.5 Å². The molecule has 182 valence electrons. The van der Waals surface area contributed by atoms with Gasteiger partial charge in [0.25, 0.3) is 0 Å². The third-order valence-electron chi connectivity index (χ3n) is 7.00. The molecule has 2 fully saturated rings. The van der Waals surface area contributed by atoms with Gasteiger partial charge in [-0.15, -0.1) is 0 Å². The van der Waals surface area contributed by atoms with Gasteiger partial charge in [0.1, 0.15) is 17.3 Å². The second kappa shape index (κ2) is 10.9. The van der Waals surface area contributed by atoms with E-state index >= 15 is 0 Å². The molecule has 35 heavy (non-hydrogen) atoms. The van der Waals surface area contributed by atoms with E-state index in [2.05, 4.69) is 17.0 Å². The molecule has 6 heteroatoms. The van der Waals surface area contributed by atoms with E-state index in [1.807, 2.05) is 64.4 Å². The number of nitrogens with zero attached hydrogens (tertiary/aromatic N) is 3. The summed E-state index contributed by atoms with van der Waals surface area (Å²) >= 11 is 0. The molecule has 0 radical (unpaired) electrons. The van der Waals surface area contributed by atoms with E-state index in [0.717, 1.165) is 44.0 Å². The summed E-state index contributed by atoms with van der Waals surface area (Å²) < 4.78 is 20.1. The standard InChI is InChI=1S/C29H32FN3O2/c30-27-11-4-5-12-28(27)32-17-19-33(20-18-32)29(34)24-13-15-31(16-14-24)22-23-7-6-10-26(21-23)35-25-8-2-1-3-9-25/h1-12,21,24H,13-20,22H2. The van der Waals surface area contributed by atoms with E-state index < -0.39 is 0 Å². The predicted octanol–water partition coefficient (Wildman–Crippen LogP) is 5.18. The first-order chi connectivity index (χ1) is 17.2. The van der Waals surface area contributed by atoms with Crippen LogP contribution in [0.5, 0.6) is 11.5 Å². The van der Waals surface area contributed by atoms with E-state index in [-0.39, 0.29) is 17.6 Å². The van der Waals surface area contributed by atoms with Crippen molar-refractivity contribution in [1.29, 1.82) is 0 Å². The first-order valence-electron chi connectivity index (χ1n) is 12.5. The van der Waals surface area contributed by atoms with Crippen LogP contribution in [0.3, 0.4) is 0 Å². The number of rotatable bonds is 6. The molecular weight excluding hydrogens is 441 g/mol. The zero-order valence-electron chi connectivity index (χ0n) is 20.0. The molecule has 0 bridgehead atoms. The number of hydrogen-bond acceptors (Lipinski definition) is 4. The number of piperazine rings is 1. The lowest BCUT2D eigenvalue weighted by atomic mass is 9.94. The number of anilines is 1. The number of carbonyl (C=O) groups excluding carboxylic acids is 1. The van der Waals surface area contributed by atoms with Crippen LogP contribution < -0.4 is 9.64 Å². The van der Waals surface area contributed by atoms with Gasteiger partial charge in [0, 0.05) is 38.6 Å². The lowest BCUT2D eigenvalue weighted by Gasteiger charge is -2.39. The van der Waals surface area contributed by atoms with Crippen molar-refractivity contribution in [2.24, 2.45) is 5.92 Å². The molecule has 5 rings (SSSR count). The van der Waals surface area contributed by atoms with E-state index in [1.54, 1.807) is 6.07 Å². The minimum absolute atomic E-state index is 0.0824. The molecule has 0 unspecified atom stereocenters. The molecule has 3 aromatic carbocycles. The number of benzene rings is 3. The van der Waals surface area contributed by atoms with Crippen LogP contribution in [-0.4, -0.2) is 55.0 Å². The molecule has 2 aliphatic rings. The van der Waals surface area contributed by atoms with Crippen molar-refractivity contribution in [1.82, 2.24) is 9.80 Å². The summed E-state index contributed by atoms with van der Waals surface area (Å²) in [5.41, 5.74) is 1.85. The highest BCUT2D eigenvalue weighted by atomic mass is 19.1. The van der Waals surface area contributed by atoms with Crippen LogP contribution in [0.25, 0.3) is 0 Å². The van der Waals surface area contributed by atoms with E-state index in [9.17, 15) is 9.18 Å². The first kappa shape index (κ1) is 23.4. The maximum absolute atomic E-state index is 14.1. The van der Waals surface area contributed by atoms with Crippen LogP contribution in [0, 0.1) is 11.7 Å². The van der Waals surface area contributed by atoms with Crippen molar-refractivity contribution >= 4 is 11.6 Å². The molecule has 0 N–H and O–H groups in total. The number of piperidine rings is 1. The molecule has 3 aromatic rings. The molecule has 0 aromatic heterocycles. The van der Waals surface area contributed by atoms with Gasteiger partial charge in [-0.25, -0.2) is 4.39 Å². The Morgan fingerprint density at radius 2 is 1.49 bits per heavy atom. The Hall–Kier alpha value is -3.38. The number of halogens is 1. The highest BCUT2D eigenvalue weighted by molar-refractivity contribution is 5.79. The highest BCUT2D eigenvalue weighted by Crippen LogP contribution is 2.26. The second-order valence-corrected chi connectivity index (χ2v) is 9.38. The number of amides is 1. The van der Waals surface area contributed by atoms with Crippen molar-refractivity contribution in [3.05, 3.63) is 90.2 Å². The zero-order chi connectivity index (χ0) is 24.0. The Morgan fingerprint density at radius 3 is 2.23 bits per heavy atom. The molecule has 2 saturated heterocycles. The number of hydrogen-bond donors (Lipinski definition) is 0. The topological polar surface area (TPSA) is 36.0 Å². The van der Waals surface area contributed by atoms with Crippen LogP contribution in [-0.2, 0) is 11.3 Å². The van der Waals surface area contributed by atoms with Crippen molar-refractivity contribution in [3.8, 4) is 11.5 Å². The summed E-state index contributed by atoms with van der Waals surface area (Å²) in [6, 6.07) is 24.9. The van der Waals surface area contributed by atoms with Crippen molar-refractivity contribution in [3.63, 3.8) is 0 Å². The maximum Gasteiger partial charge on any atom is 0.225 e. The van der Waals surface area contributed by atoms with Gasteiger partial charge in [-0.05, 0) is 67.9 Å². The monoisotopic (exact) mass is 473 g/mol. The Labute approximate surface area is 206 Å². The highest BCUT2D eigenvalue weighted by Gasteiger charge is 2.30. The third kappa shape index (κ3) is 5.82. The van der Waals surface area contributed by atoms with Gasteiger partial charge in [-0.3, -0.25) is 9.69 Å². The quantitative estimate of drug-likeness (QED) is 0.494. The van der Waals surface area contributed by atoms with E-state index in [1.165, 1.54) is 11.6 Å². The van der Waals surface area contributed by atoms with Crippen LogP contribution in [0.4, 0.5) is 10.1 Å². The Morgan fingerprint density at radius 1 is 0.800 bits per heavy atom. The first-order valence-corrected chi connectivity index (χ1v) is 12.5. The maximum atomic E-state index is 14.1. The van der Waals surface area contributed by atoms with Gasteiger partial charge in [-0.1, -0.05) is 42.5 Å². The minimum atomic E-state index is -0.197. The van der Waals surface area contributed by atoms with E-state index in [0.29, 0.717) is 31.9 Å². The van der Waals surface area contributed by atoms with Crippen molar-refractivity contribution in [2.75, 3.05) is 44.2 Å². The Kier molecular flexibility index (Phi) is 7.28. The number of carbonyl (C=O) groups is 1. The summed E-state index contributed by atoms with van der Waals surface area (Å²) in [6.07, 6.45) is 1.76. The number of likely N-dealkylation sites (tertiary alicyclic amines) is 1. The molecule has 0 spiro atoms. The van der Waals surface area contributed by atoms with Crippen LogP contribution in [0.15, 0.2) is 78.9 Å². The largest absolute Gasteiger partial charge is 0.457 e. The molecule has 1 amide bonds. The number of para-hydroxylation sites is 2. The summed E-state index contributed by atoms with van der Waals surface area (Å²) in [7, 11) is 0. The lowest BCUT2D eigenvalue weighted by molar-refractivity contribution is -0.137. The van der Waals surface area contributed by atoms with Crippen LogP contribution in [0.2, 0.25) is 0 Å². The van der Waals surface area contributed by atoms with Crippen LogP contribution in [0.1, 0.15) is 18.4 Å². The summed E-state index contributed by atoms with van der Waals surface area (Å²) in [5.74, 6) is 1.82. The van der Waals surface area contributed by atoms with Crippen molar-refractivity contribution < 1.29 is 13.9 Å². The summed E-state index contributed by atoms with van der Waals surface area (Å²) in [6.45, 7) is 5.34. The van der Waals surface area contributed by atoms with Gasteiger partial charge in [0.05, 0.1) is 5.69 Å².